The number of carbonyl (C=O) groups excluding carboxylic acids is 2. The Bertz CT molecular complexity index is 2120. The van der Waals surface area contributed by atoms with E-state index in [-0.39, 0.29) is 24.2 Å². The molecular weight excluding hydrogens is 600 g/mol. The minimum Gasteiger partial charge on any atom is -0.482 e. The molecule has 47 heavy (non-hydrogen) atoms. The molecule has 13 heteroatoms. The largest absolute Gasteiger partial charge is 0.482 e. The first-order valence-corrected chi connectivity index (χ1v) is 15.9. The van der Waals surface area contributed by atoms with Gasteiger partial charge in [0.15, 0.2) is 12.3 Å². The fourth-order valence-electron chi connectivity index (χ4n) is 6.89. The topological polar surface area (TPSA) is 129 Å². The van der Waals surface area contributed by atoms with E-state index in [1.165, 1.54) is 7.11 Å². The van der Waals surface area contributed by atoms with E-state index in [0.29, 0.717) is 66.3 Å². The van der Waals surface area contributed by atoms with E-state index >= 15 is 0 Å². The summed E-state index contributed by atoms with van der Waals surface area (Å²) in [5.41, 5.74) is 3.56. The molecule has 3 aromatic heterocycles. The number of rotatable bonds is 3. The predicted octanol–water partition coefficient (Wildman–Crippen LogP) is 4.76. The number of anilines is 3. The van der Waals surface area contributed by atoms with E-state index in [1.807, 2.05) is 36.4 Å². The average Bonchev–Trinajstić information content (AvgIpc) is 3.63. The molecule has 5 aromatic rings. The number of nitrogens with zero attached hydrogens (tertiary/aromatic N) is 7. The van der Waals surface area contributed by atoms with Gasteiger partial charge in [-0.15, -0.1) is 0 Å². The zero-order valence-corrected chi connectivity index (χ0v) is 26.0. The van der Waals surface area contributed by atoms with E-state index in [2.05, 4.69) is 39.3 Å². The molecule has 1 saturated heterocycles. The number of hydrogen-bond acceptors (Lipinski definition) is 8. The van der Waals surface area contributed by atoms with Gasteiger partial charge in [0.25, 0.3) is 11.5 Å². The fourth-order valence-corrected chi connectivity index (χ4v) is 6.89. The molecule has 3 aliphatic rings. The van der Waals surface area contributed by atoms with Crippen LogP contribution in [0.4, 0.5) is 22.1 Å². The highest BCUT2D eigenvalue weighted by molar-refractivity contribution is 5.98. The Hall–Kier alpha value is -5.59. The van der Waals surface area contributed by atoms with Gasteiger partial charge in [-0.1, -0.05) is 12.2 Å². The number of aromatic nitrogens is 5. The second-order valence-corrected chi connectivity index (χ2v) is 12.0. The number of amides is 2. The summed E-state index contributed by atoms with van der Waals surface area (Å²) in [5, 5.41) is 4.79. The Morgan fingerprint density at radius 2 is 1.91 bits per heavy atom. The van der Waals surface area contributed by atoms with Crippen molar-refractivity contribution in [1.82, 2.24) is 28.8 Å². The van der Waals surface area contributed by atoms with Crippen molar-refractivity contribution in [1.29, 1.82) is 0 Å². The lowest BCUT2D eigenvalue weighted by atomic mass is 10.0. The highest BCUT2D eigenvalue weighted by Crippen LogP contribution is 2.35. The summed E-state index contributed by atoms with van der Waals surface area (Å²) in [6.07, 6.45) is 10.7. The van der Waals surface area contributed by atoms with E-state index in [4.69, 9.17) is 14.5 Å². The van der Waals surface area contributed by atoms with Crippen LogP contribution in [0, 0.1) is 0 Å². The van der Waals surface area contributed by atoms with Crippen molar-refractivity contribution in [2.75, 3.05) is 43.6 Å². The van der Waals surface area contributed by atoms with E-state index in [1.54, 1.807) is 25.4 Å². The Balaban J connectivity index is 1.12. The Kier molecular flexibility index (Phi) is 7.15. The van der Waals surface area contributed by atoms with Gasteiger partial charge < -0.3 is 29.2 Å². The van der Waals surface area contributed by atoms with Crippen molar-refractivity contribution in [3.05, 3.63) is 77.4 Å². The van der Waals surface area contributed by atoms with Crippen molar-refractivity contribution >= 4 is 51.3 Å². The zero-order chi connectivity index (χ0) is 32.1. The lowest BCUT2D eigenvalue weighted by molar-refractivity contribution is -0.121. The SMILES string of the molecule is COC(=O)N1CCC(n2ccc3cc(Nc4ncc5c(=O)n6n(c5n4)-c4ccc5c(c4)N(CCC/C=C\C6)C(=O)CO5)ccc32)CC1. The number of fused-ring (bicyclic) bond motifs is 6. The molecule has 2 bridgehead atoms. The summed E-state index contributed by atoms with van der Waals surface area (Å²) >= 11 is 0. The second-order valence-electron chi connectivity index (χ2n) is 12.0. The Morgan fingerprint density at radius 3 is 2.77 bits per heavy atom. The number of benzene rings is 2. The maximum absolute atomic E-state index is 13.6. The molecule has 6 heterocycles. The first kappa shape index (κ1) is 28.9. The second kappa shape index (κ2) is 11.6. The van der Waals surface area contributed by atoms with Crippen LogP contribution >= 0.6 is 0 Å². The van der Waals surface area contributed by atoms with Gasteiger partial charge in [-0.3, -0.25) is 9.59 Å². The van der Waals surface area contributed by atoms with Crippen LogP contribution in [-0.2, 0) is 16.1 Å². The molecular formula is C34H34N8O5. The molecule has 240 valence electrons. The van der Waals surface area contributed by atoms with Gasteiger partial charge in [-0.2, -0.15) is 4.98 Å². The molecule has 0 unspecified atom stereocenters. The lowest BCUT2D eigenvalue weighted by Gasteiger charge is -2.32. The van der Waals surface area contributed by atoms with E-state index in [9.17, 15) is 14.4 Å². The van der Waals surface area contributed by atoms with E-state index in [0.717, 1.165) is 42.3 Å². The number of methoxy groups -OCH3 is 1. The third kappa shape index (κ3) is 5.07. The van der Waals surface area contributed by atoms with Gasteiger partial charge in [0.2, 0.25) is 5.95 Å². The number of ether oxygens (including phenoxy) is 2. The fraction of sp³-hybridized carbons (Fsp3) is 0.324. The normalized spacial score (nSPS) is 17.5. The maximum atomic E-state index is 13.6. The first-order valence-electron chi connectivity index (χ1n) is 15.9. The summed E-state index contributed by atoms with van der Waals surface area (Å²) in [4.78, 5) is 51.2. The van der Waals surface area contributed by atoms with Crippen molar-refractivity contribution in [2.45, 2.75) is 38.3 Å². The van der Waals surface area contributed by atoms with Gasteiger partial charge >= 0.3 is 6.09 Å². The average molecular weight is 635 g/mol. The minimum atomic E-state index is -0.275. The van der Waals surface area contributed by atoms with Crippen LogP contribution in [0.1, 0.15) is 31.7 Å². The molecule has 13 nitrogen and oxygen atoms in total. The molecule has 0 radical (unpaired) electrons. The number of carbonyl (C=O) groups is 2. The summed E-state index contributed by atoms with van der Waals surface area (Å²) in [7, 11) is 1.42. The zero-order valence-electron chi connectivity index (χ0n) is 26.0. The molecule has 0 saturated carbocycles. The van der Waals surface area contributed by atoms with Crippen molar-refractivity contribution < 1.29 is 19.1 Å². The summed E-state index contributed by atoms with van der Waals surface area (Å²) in [5.74, 6) is 0.904. The summed E-state index contributed by atoms with van der Waals surface area (Å²) < 4.78 is 16.3. The van der Waals surface area contributed by atoms with Crippen LogP contribution in [0.25, 0.3) is 27.6 Å². The van der Waals surface area contributed by atoms with Gasteiger partial charge in [0.1, 0.15) is 11.1 Å². The molecule has 2 aromatic carbocycles. The summed E-state index contributed by atoms with van der Waals surface area (Å²) in [6.45, 7) is 2.28. The Morgan fingerprint density at radius 1 is 1.04 bits per heavy atom. The van der Waals surface area contributed by atoms with Gasteiger partial charge in [0, 0.05) is 54.7 Å². The maximum Gasteiger partial charge on any atom is 0.409 e. The number of likely N-dealkylation sites (tertiary alicyclic amines) is 1. The molecule has 3 aliphatic heterocycles. The Labute approximate surface area is 269 Å². The standard InChI is InChI=1S/C34H34N8O5/c1-46-34(45)38-15-11-24(12-16-38)39-17-10-22-18-23(6-8-27(22)39)36-33-35-20-26-31(37-33)42-25-7-9-29-28(19-25)40(30(43)21-47-29)13-4-2-3-5-14-41(42)32(26)44/h3,5-10,17-20,24H,2,4,11-16,21H2,1H3,(H,35,36,37)/b5-3-. The van der Waals surface area contributed by atoms with Gasteiger partial charge in [-0.25, -0.2) is 19.1 Å². The van der Waals surface area contributed by atoms with Crippen LogP contribution in [0.5, 0.6) is 5.75 Å². The lowest BCUT2D eigenvalue weighted by Crippen LogP contribution is -2.39. The molecule has 1 N–H and O–H groups in total. The van der Waals surface area contributed by atoms with Crippen LogP contribution in [0.3, 0.4) is 0 Å². The molecule has 8 rings (SSSR count). The highest BCUT2D eigenvalue weighted by atomic mass is 16.5. The molecule has 2 amide bonds. The van der Waals surface area contributed by atoms with Crippen molar-refractivity contribution in [2.24, 2.45) is 0 Å². The number of hydrogen-bond donors (Lipinski definition) is 1. The molecule has 0 atom stereocenters. The van der Waals surface area contributed by atoms with Crippen molar-refractivity contribution in [3.8, 4) is 11.4 Å². The van der Waals surface area contributed by atoms with Crippen LogP contribution in [0.15, 0.2) is 71.8 Å². The smallest absolute Gasteiger partial charge is 0.409 e. The molecule has 0 aliphatic carbocycles. The van der Waals surface area contributed by atoms with Gasteiger partial charge in [-0.05, 0) is 68.1 Å². The number of allylic oxidation sites excluding steroid dienone is 2. The first-order chi connectivity index (χ1) is 23.0. The minimum absolute atomic E-state index is 0.00842. The number of piperidine rings is 1. The van der Waals surface area contributed by atoms with Crippen LogP contribution in [0.2, 0.25) is 0 Å². The van der Waals surface area contributed by atoms with Crippen molar-refractivity contribution in [3.63, 3.8) is 0 Å². The summed E-state index contributed by atoms with van der Waals surface area (Å²) in [6, 6.07) is 14.1. The quantitative estimate of drug-likeness (QED) is 0.282. The van der Waals surface area contributed by atoms with Gasteiger partial charge in [0.05, 0.1) is 25.0 Å². The van der Waals surface area contributed by atoms with Crippen LogP contribution < -0.4 is 20.5 Å². The third-order valence-electron chi connectivity index (χ3n) is 9.27. The molecule has 1 fully saturated rings. The molecule has 0 spiro atoms. The van der Waals surface area contributed by atoms with Crippen LogP contribution in [-0.4, -0.2) is 74.1 Å². The monoisotopic (exact) mass is 634 g/mol. The number of nitrogens with one attached hydrogen (secondary N) is 1. The third-order valence-corrected chi connectivity index (χ3v) is 9.27. The van der Waals surface area contributed by atoms with E-state index < -0.39 is 0 Å². The highest BCUT2D eigenvalue weighted by Gasteiger charge is 2.28. The predicted molar refractivity (Wildman–Crippen MR) is 177 cm³/mol.